The van der Waals surface area contributed by atoms with Gasteiger partial charge in [0.05, 0.1) is 52.1 Å². The number of anilines is 1. The first kappa shape index (κ1) is 24.2. The van der Waals surface area contributed by atoms with Gasteiger partial charge in [0.1, 0.15) is 12.2 Å². The molecule has 1 atom stereocenters. The number of amides is 1. The maximum Gasteiger partial charge on any atom is 0.255 e. The largest absolute Gasteiger partial charge is 0.387 e. The van der Waals surface area contributed by atoms with E-state index < -0.39 is 17.7 Å². The van der Waals surface area contributed by atoms with Gasteiger partial charge < -0.3 is 15.7 Å². The third-order valence-corrected chi connectivity index (χ3v) is 7.74. The van der Waals surface area contributed by atoms with Crippen molar-refractivity contribution < 1.29 is 14.3 Å². The summed E-state index contributed by atoms with van der Waals surface area (Å²) < 4.78 is 16.0. The standard InChI is InChI=1S/C27H31FN6O2/c1-26(2,36)24(28)16-31-25(35)20-15-30-22(23-4-3-19-11-18(13-29)14-32-34(19)23)12-21(20)33-27-8-5-17(6-9-27)7-10-27/h3-4,11-12,14-15,17,24,36H,5-10,16H2,1-2H3,(H,30,33)(H,31,35)/t17?,24-,27?/m1/s1. The van der Waals surface area contributed by atoms with Crippen molar-refractivity contribution in [3.8, 4) is 17.5 Å². The first-order valence-electron chi connectivity index (χ1n) is 12.5. The number of nitrogens with zero attached hydrogens (tertiary/aromatic N) is 4. The molecule has 3 aromatic heterocycles. The van der Waals surface area contributed by atoms with Crippen molar-refractivity contribution in [3.05, 3.63) is 47.8 Å². The van der Waals surface area contributed by atoms with Gasteiger partial charge >= 0.3 is 0 Å². The van der Waals surface area contributed by atoms with Gasteiger partial charge in [-0.3, -0.25) is 9.78 Å². The Morgan fingerprint density at radius 3 is 2.67 bits per heavy atom. The molecule has 3 heterocycles. The molecular weight excluding hydrogens is 459 g/mol. The number of hydrogen-bond donors (Lipinski definition) is 3. The summed E-state index contributed by atoms with van der Waals surface area (Å²) in [6.45, 7) is 2.45. The molecule has 3 saturated carbocycles. The lowest BCUT2D eigenvalue weighted by atomic mass is 9.65. The Bertz CT molecular complexity index is 1320. The molecule has 9 heteroatoms. The van der Waals surface area contributed by atoms with E-state index in [4.69, 9.17) is 0 Å². The van der Waals surface area contributed by atoms with Crippen LogP contribution in [0.15, 0.2) is 36.7 Å². The number of halogens is 1. The zero-order chi connectivity index (χ0) is 25.5. The van der Waals surface area contributed by atoms with Crippen LogP contribution in [0.2, 0.25) is 0 Å². The summed E-state index contributed by atoms with van der Waals surface area (Å²) in [5.74, 6) is 0.352. The first-order chi connectivity index (χ1) is 17.2. The van der Waals surface area contributed by atoms with E-state index in [1.165, 1.54) is 45.5 Å². The van der Waals surface area contributed by atoms with E-state index in [1.54, 1.807) is 10.6 Å². The number of aliphatic hydroxyl groups is 1. The number of nitrogens with one attached hydrogen (secondary N) is 2. The summed E-state index contributed by atoms with van der Waals surface area (Å²) in [5, 5.41) is 29.8. The van der Waals surface area contributed by atoms with E-state index in [-0.39, 0.29) is 12.1 Å². The fourth-order valence-electron chi connectivity index (χ4n) is 5.38. The molecule has 188 valence electrons. The number of nitriles is 1. The molecule has 3 aromatic rings. The Hall–Kier alpha value is -3.51. The molecule has 0 unspecified atom stereocenters. The van der Waals surface area contributed by atoms with Gasteiger partial charge in [0, 0.05) is 11.7 Å². The summed E-state index contributed by atoms with van der Waals surface area (Å²) in [7, 11) is 0. The molecule has 0 spiro atoms. The fourth-order valence-corrected chi connectivity index (χ4v) is 5.38. The van der Waals surface area contributed by atoms with E-state index in [1.807, 2.05) is 18.2 Å². The highest BCUT2D eigenvalue weighted by molar-refractivity contribution is 6.00. The molecular formula is C27H31FN6O2. The number of alkyl halides is 1. The molecule has 3 fully saturated rings. The molecule has 8 nitrogen and oxygen atoms in total. The highest BCUT2D eigenvalue weighted by Gasteiger charge is 2.41. The van der Waals surface area contributed by atoms with E-state index in [2.05, 4.69) is 26.8 Å². The van der Waals surface area contributed by atoms with Gasteiger partial charge in [0.25, 0.3) is 5.91 Å². The van der Waals surface area contributed by atoms with Crippen molar-refractivity contribution in [1.29, 1.82) is 5.26 Å². The molecule has 0 radical (unpaired) electrons. The van der Waals surface area contributed by atoms with Crippen LogP contribution < -0.4 is 10.6 Å². The minimum absolute atomic E-state index is 0.0701. The minimum Gasteiger partial charge on any atom is -0.387 e. The second-order valence-electron chi connectivity index (χ2n) is 10.7. The quantitative estimate of drug-likeness (QED) is 0.456. The number of aromatic nitrogens is 3. The summed E-state index contributed by atoms with van der Waals surface area (Å²) in [5.41, 5.74) is 1.98. The van der Waals surface area contributed by atoms with E-state index in [9.17, 15) is 19.6 Å². The van der Waals surface area contributed by atoms with Crippen molar-refractivity contribution in [2.24, 2.45) is 5.92 Å². The van der Waals surface area contributed by atoms with Gasteiger partial charge in [-0.05, 0) is 82.6 Å². The van der Waals surface area contributed by atoms with Gasteiger partial charge in [-0.25, -0.2) is 8.91 Å². The molecule has 0 aromatic carbocycles. The fraction of sp³-hybridized carbons (Fsp3) is 0.481. The Labute approximate surface area is 209 Å². The molecule has 2 bridgehead atoms. The molecule has 0 saturated heterocycles. The highest BCUT2D eigenvalue weighted by atomic mass is 19.1. The lowest BCUT2D eigenvalue weighted by molar-refractivity contribution is -0.00177. The third-order valence-electron chi connectivity index (χ3n) is 7.74. The average molecular weight is 491 g/mol. The third kappa shape index (κ3) is 4.65. The Morgan fingerprint density at radius 2 is 2.00 bits per heavy atom. The van der Waals surface area contributed by atoms with Crippen LogP contribution in [-0.4, -0.2) is 49.5 Å². The van der Waals surface area contributed by atoms with Crippen molar-refractivity contribution in [2.75, 3.05) is 11.9 Å². The molecule has 36 heavy (non-hydrogen) atoms. The smallest absolute Gasteiger partial charge is 0.255 e. The Morgan fingerprint density at radius 1 is 1.28 bits per heavy atom. The van der Waals surface area contributed by atoms with E-state index >= 15 is 0 Å². The topological polar surface area (TPSA) is 115 Å². The number of fused-ring (bicyclic) bond motifs is 4. The summed E-state index contributed by atoms with van der Waals surface area (Å²) in [4.78, 5) is 17.7. The van der Waals surface area contributed by atoms with Crippen LogP contribution in [0.5, 0.6) is 0 Å². The number of carbonyl (C=O) groups excluding carboxylic acids is 1. The summed E-state index contributed by atoms with van der Waals surface area (Å²) in [6, 6.07) is 9.47. The number of carbonyl (C=O) groups is 1. The zero-order valence-corrected chi connectivity index (χ0v) is 20.6. The van der Waals surface area contributed by atoms with Crippen LogP contribution in [-0.2, 0) is 0 Å². The molecule has 0 aliphatic heterocycles. The Kier molecular flexibility index (Phi) is 6.17. The van der Waals surface area contributed by atoms with Gasteiger partial charge in [-0.1, -0.05) is 0 Å². The second kappa shape index (κ2) is 9.17. The second-order valence-corrected chi connectivity index (χ2v) is 10.7. The molecule has 3 aliphatic rings. The van der Waals surface area contributed by atoms with Crippen LogP contribution in [0.1, 0.15) is 68.3 Å². The predicted molar refractivity (Wildman–Crippen MR) is 134 cm³/mol. The van der Waals surface area contributed by atoms with Crippen LogP contribution in [0.4, 0.5) is 10.1 Å². The van der Waals surface area contributed by atoms with Crippen LogP contribution in [0, 0.1) is 17.2 Å². The molecule has 3 N–H and O–H groups in total. The lowest BCUT2D eigenvalue weighted by Gasteiger charge is -2.47. The van der Waals surface area contributed by atoms with Gasteiger partial charge in [0.2, 0.25) is 0 Å². The van der Waals surface area contributed by atoms with Crippen molar-refractivity contribution in [3.63, 3.8) is 0 Å². The number of pyridine rings is 1. The molecule has 3 aliphatic carbocycles. The summed E-state index contributed by atoms with van der Waals surface area (Å²) in [6.07, 6.45) is 8.10. The van der Waals surface area contributed by atoms with Crippen molar-refractivity contribution in [2.45, 2.75) is 69.7 Å². The number of rotatable bonds is 7. The van der Waals surface area contributed by atoms with Crippen LogP contribution in [0.25, 0.3) is 16.9 Å². The average Bonchev–Trinajstić information content (AvgIpc) is 3.30. The van der Waals surface area contributed by atoms with E-state index in [0.717, 1.165) is 36.4 Å². The van der Waals surface area contributed by atoms with Gasteiger partial charge in [-0.2, -0.15) is 10.4 Å². The normalized spacial score (nSPS) is 22.2. The monoisotopic (exact) mass is 490 g/mol. The highest BCUT2D eigenvalue weighted by Crippen LogP contribution is 2.46. The molecule has 1 amide bonds. The molecule has 6 rings (SSSR count). The summed E-state index contributed by atoms with van der Waals surface area (Å²) >= 11 is 0. The zero-order valence-electron chi connectivity index (χ0n) is 20.6. The lowest BCUT2D eigenvalue weighted by Crippen LogP contribution is -2.47. The number of hydrogen-bond acceptors (Lipinski definition) is 6. The van der Waals surface area contributed by atoms with E-state index in [0.29, 0.717) is 22.5 Å². The SMILES string of the molecule is CC(C)(O)[C@H](F)CNC(=O)c1cnc(-c2ccc3cc(C#N)cnn23)cc1NC12CCC(CC1)CC2. The first-order valence-corrected chi connectivity index (χ1v) is 12.5. The maximum absolute atomic E-state index is 14.3. The van der Waals surface area contributed by atoms with Gasteiger partial charge in [0.15, 0.2) is 0 Å². The Balaban J connectivity index is 1.49. The van der Waals surface area contributed by atoms with Gasteiger partial charge in [-0.15, -0.1) is 0 Å². The van der Waals surface area contributed by atoms with Crippen LogP contribution in [0.3, 0.4) is 0 Å². The predicted octanol–water partition coefficient (Wildman–Crippen LogP) is 4.24. The maximum atomic E-state index is 14.3. The minimum atomic E-state index is -1.60. The van der Waals surface area contributed by atoms with Crippen molar-refractivity contribution in [1.82, 2.24) is 19.9 Å². The van der Waals surface area contributed by atoms with Crippen molar-refractivity contribution >= 4 is 17.1 Å². The van der Waals surface area contributed by atoms with Crippen LogP contribution >= 0.6 is 0 Å².